The van der Waals surface area contributed by atoms with E-state index in [0.717, 1.165) is 0 Å². The van der Waals surface area contributed by atoms with Gasteiger partial charge in [0.05, 0.1) is 15.8 Å². The Morgan fingerprint density at radius 3 is 2.39 bits per heavy atom. The Morgan fingerprint density at radius 2 is 1.82 bits per heavy atom. The highest BCUT2D eigenvalue weighted by Crippen LogP contribution is 2.39. The van der Waals surface area contributed by atoms with Gasteiger partial charge in [0.2, 0.25) is 5.88 Å². The molecule has 1 aromatic heterocycles. The maximum atomic E-state index is 12.8. The van der Waals surface area contributed by atoms with Crippen LogP contribution in [0.2, 0.25) is 5.02 Å². The summed E-state index contributed by atoms with van der Waals surface area (Å²) in [5.41, 5.74) is -0.170. The average molecular weight is 427 g/mol. The molecule has 0 saturated carbocycles. The number of benzene rings is 2. The Bertz CT molecular complexity index is 1050. The molecule has 1 atom stereocenters. The van der Waals surface area contributed by atoms with Gasteiger partial charge in [-0.2, -0.15) is 13.2 Å². The molecule has 3 rings (SSSR count). The zero-order chi connectivity index (χ0) is 20.5. The van der Waals surface area contributed by atoms with Crippen LogP contribution in [0.1, 0.15) is 5.56 Å². The molecule has 0 aliphatic carbocycles. The third-order valence-electron chi connectivity index (χ3n) is 3.75. The highest BCUT2D eigenvalue weighted by Gasteiger charge is 2.32. The highest BCUT2D eigenvalue weighted by molar-refractivity contribution is 7.28. The highest BCUT2D eigenvalue weighted by atomic mass is 35.5. The topological polar surface area (TPSA) is 65.3 Å². The molecule has 144 valence electrons. The van der Waals surface area contributed by atoms with Gasteiger partial charge in [-0.05, 0) is 17.7 Å². The van der Waals surface area contributed by atoms with E-state index in [1.807, 2.05) is 0 Å². The Hall–Kier alpha value is -2.70. The van der Waals surface area contributed by atoms with Crippen LogP contribution in [-0.2, 0) is 6.18 Å². The van der Waals surface area contributed by atoms with Crippen LogP contribution >= 0.6 is 20.8 Å². The third-order valence-corrected chi connectivity index (χ3v) is 4.48. The fourth-order valence-corrected chi connectivity index (χ4v) is 2.97. The maximum absolute atomic E-state index is 12.8. The lowest BCUT2D eigenvalue weighted by atomic mass is 10.0. The summed E-state index contributed by atoms with van der Waals surface area (Å²) in [6.45, 7) is 0. The fourth-order valence-electron chi connectivity index (χ4n) is 2.43. The number of nitro benzene ring substituents is 1. The van der Waals surface area contributed by atoms with Gasteiger partial charge in [0, 0.05) is 17.8 Å². The van der Waals surface area contributed by atoms with Crippen LogP contribution in [-0.4, -0.2) is 9.91 Å². The molecule has 0 amide bonds. The van der Waals surface area contributed by atoms with Crippen molar-refractivity contribution in [1.82, 2.24) is 4.98 Å². The molecular weight excluding hydrogens is 416 g/mol. The van der Waals surface area contributed by atoms with Crippen LogP contribution < -0.4 is 10.0 Å². The van der Waals surface area contributed by atoms with Crippen molar-refractivity contribution in [2.24, 2.45) is 0 Å². The van der Waals surface area contributed by atoms with Gasteiger partial charge in [-0.3, -0.25) is 10.1 Å². The minimum absolute atomic E-state index is 0.150. The zero-order valence-corrected chi connectivity index (χ0v) is 15.8. The lowest BCUT2D eigenvalue weighted by Crippen LogP contribution is -2.07. The smallest absolute Gasteiger partial charge is 0.417 e. The molecule has 1 unspecified atom stereocenters. The molecule has 0 aliphatic rings. The molecule has 0 saturated heterocycles. The summed E-state index contributed by atoms with van der Waals surface area (Å²) in [5, 5.41) is 11.2. The number of alkyl halides is 3. The van der Waals surface area contributed by atoms with Crippen LogP contribution in [0, 0.1) is 10.1 Å². The number of hydrogen-bond donors (Lipinski definition) is 0. The summed E-state index contributed by atoms with van der Waals surface area (Å²) in [7, 11) is 2.23. The zero-order valence-electron chi connectivity index (χ0n) is 13.9. The van der Waals surface area contributed by atoms with Gasteiger partial charge in [-0.1, -0.05) is 51.2 Å². The molecule has 0 fully saturated rings. The van der Waals surface area contributed by atoms with E-state index in [9.17, 15) is 23.3 Å². The van der Waals surface area contributed by atoms with Gasteiger partial charge in [0.25, 0.3) is 5.69 Å². The van der Waals surface area contributed by atoms with Crippen molar-refractivity contribution in [3.8, 4) is 22.8 Å². The summed E-state index contributed by atoms with van der Waals surface area (Å²) < 4.78 is 44.0. The maximum Gasteiger partial charge on any atom is 0.417 e. The first-order valence-electron chi connectivity index (χ1n) is 7.70. The molecule has 3 aromatic rings. The lowest BCUT2D eigenvalue weighted by molar-refractivity contribution is -0.383. The second-order valence-corrected chi connectivity index (χ2v) is 6.67. The predicted octanol–water partition coefficient (Wildman–Crippen LogP) is 5.62. The first kappa shape index (κ1) is 20.0. The van der Waals surface area contributed by atoms with E-state index in [4.69, 9.17) is 16.3 Å². The minimum Gasteiger partial charge on any atom is -0.437 e. The van der Waals surface area contributed by atoms with E-state index in [1.165, 1.54) is 12.1 Å². The predicted molar refractivity (Wildman–Crippen MR) is 102 cm³/mol. The van der Waals surface area contributed by atoms with Gasteiger partial charge in [0.1, 0.15) is 10.8 Å². The van der Waals surface area contributed by atoms with Gasteiger partial charge in [0.15, 0.2) is 0 Å². The minimum atomic E-state index is -4.59. The number of pyridine rings is 1. The van der Waals surface area contributed by atoms with E-state index in [0.29, 0.717) is 23.4 Å². The summed E-state index contributed by atoms with van der Waals surface area (Å²) >= 11 is 5.90. The van der Waals surface area contributed by atoms with Crippen molar-refractivity contribution in [2.45, 2.75) is 6.18 Å². The van der Waals surface area contributed by atoms with Crippen molar-refractivity contribution in [1.29, 1.82) is 0 Å². The molecular formula is C18H11ClF3N2O3P. The molecule has 0 N–H and O–H groups in total. The molecule has 1 heterocycles. The van der Waals surface area contributed by atoms with E-state index >= 15 is 0 Å². The quantitative estimate of drug-likeness (QED) is 0.308. The Balaban J connectivity index is 2.09. The molecule has 0 aliphatic heterocycles. The molecule has 0 spiro atoms. The van der Waals surface area contributed by atoms with E-state index in [1.54, 1.807) is 30.3 Å². The summed E-state index contributed by atoms with van der Waals surface area (Å²) in [4.78, 5) is 14.4. The van der Waals surface area contributed by atoms with Crippen molar-refractivity contribution < 1.29 is 22.8 Å². The van der Waals surface area contributed by atoms with Crippen molar-refractivity contribution in [3.05, 3.63) is 75.4 Å². The summed E-state index contributed by atoms with van der Waals surface area (Å²) in [6, 6.07) is 12.1. The second-order valence-electron chi connectivity index (χ2n) is 5.64. The number of hydrogen-bond acceptors (Lipinski definition) is 4. The monoisotopic (exact) mass is 426 g/mol. The third kappa shape index (κ3) is 4.24. The van der Waals surface area contributed by atoms with E-state index < -0.39 is 16.7 Å². The standard InChI is InChI=1S/C18H11ClF3N2O3P/c19-13-6-11(18(20,21)22)9-23-17(13)27-15-8-16(28)14(24(25)26)7-12(15)10-4-2-1-3-5-10/h1-9H,28H2. The number of ether oxygens (including phenoxy) is 1. The molecule has 10 heteroatoms. The first-order valence-corrected chi connectivity index (χ1v) is 8.66. The Morgan fingerprint density at radius 1 is 1.14 bits per heavy atom. The Kier molecular flexibility index (Phi) is 5.54. The first-order chi connectivity index (χ1) is 13.2. The average Bonchev–Trinajstić information content (AvgIpc) is 2.63. The number of nitro groups is 1. The lowest BCUT2D eigenvalue weighted by Gasteiger charge is -2.14. The largest absolute Gasteiger partial charge is 0.437 e. The second kappa shape index (κ2) is 7.73. The normalized spacial score (nSPS) is 11.3. The van der Waals surface area contributed by atoms with Gasteiger partial charge in [-0.25, -0.2) is 4.98 Å². The van der Waals surface area contributed by atoms with Crippen LogP contribution in [0.25, 0.3) is 11.1 Å². The molecule has 0 bridgehead atoms. The van der Waals surface area contributed by atoms with Crippen LogP contribution in [0.15, 0.2) is 54.7 Å². The number of halogens is 4. The number of nitrogens with zero attached hydrogens (tertiary/aromatic N) is 2. The van der Waals surface area contributed by atoms with Crippen LogP contribution in [0.5, 0.6) is 11.6 Å². The van der Waals surface area contributed by atoms with Crippen molar-refractivity contribution in [3.63, 3.8) is 0 Å². The van der Waals surface area contributed by atoms with Gasteiger partial charge < -0.3 is 4.74 Å². The number of aromatic nitrogens is 1. The molecule has 0 radical (unpaired) electrons. The Labute approximate surface area is 164 Å². The van der Waals surface area contributed by atoms with E-state index in [-0.39, 0.29) is 27.6 Å². The van der Waals surface area contributed by atoms with E-state index in [2.05, 4.69) is 14.2 Å². The number of rotatable bonds is 4. The van der Waals surface area contributed by atoms with Gasteiger partial charge in [-0.15, -0.1) is 0 Å². The van der Waals surface area contributed by atoms with Crippen LogP contribution in [0.3, 0.4) is 0 Å². The van der Waals surface area contributed by atoms with Crippen molar-refractivity contribution in [2.75, 3.05) is 0 Å². The summed E-state index contributed by atoms with van der Waals surface area (Å²) in [5.74, 6) is -0.0824. The molecule has 2 aromatic carbocycles. The van der Waals surface area contributed by atoms with Gasteiger partial charge >= 0.3 is 6.18 Å². The molecule has 28 heavy (non-hydrogen) atoms. The summed E-state index contributed by atoms with van der Waals surface area (Å²) in [6.07, 6.45) is -3.98. The van der Waals surface area contributed by atoms with Crippen molar-refractivity contribution >= 4 is 31.8 Å². The molecule has 5 nitrogen and oxygen atoms in total. The SMILES string of the molecule is O=[N+]([O-])c1cc(-c2ccccc2)c(Oc2ncc(C(F)(F)F)cc2Cl)cc1P. The van der Waals surface area contributed by atoms with Crippen LogP contribution in [0.4, 0.5) is 18.9 Å². The fraction of sp³-hybridized carbons (Fsp3) is 0.0556.